The van der Waals surface area contributed by atoms with E-state index in [9.17, 15) is 14.4 Å². The van der Waals surface area contributed by atoms with Crippen molar-refractivity contribution < 1.29 is 14.4 Å². The summed E-state index contributed by atoms with van der Waals surface area (Å²) in [5.74, 6) is -1.04. The molecule has 1 aliphatic rings. The molecule has 1 aliphatic heterocycles. The number of hydrogen-bond donors (Lipinski definition) is 1. The molecule has 2 aromatic carbocycles. The summed E-state index contributed by atoms with van der Waals surface area (Å²) < 4.78 is 0. The van der Waals surface area contributed by atoms with Crippen LogP contribution in [0.1, 0.15) is 42.7 Å². The highest BCUT2D eigenvalue weighted by atomic mass is 16.2. The van der Waals surface area contributed by atoms with Gasteiger partial charge in [0.1, 0.15) is 0 Å². The van der Waals surface area contributed by atoms with E-state index in [4.69, 9.17) is 0 Å². The number of nitrogens with one attached hydrogen (secondary N) is 1. The maximum atomic E-state index is 12.6. The van der Waals surface area contributed by atoms with Gasteiger partial charge >= 0.3 is 0 Å². The van der Waals surface area contributed by atoms with Crippen molar-refractivity contribution in [3.63, 3.8) is 0 Å². The second-order valence-corrected chi connectivity index (χ2v) is 6.87. The van der Waals surface area contributed by atoms with Gasteiger partial charge in [-0.15, -0.1) is 6.58 Å². The van der Waals surface area contributed by atoms with Crippen molar-refractivity contribution >= 4 is 17.7 Å². The topological polar surface area (TPSA) is 69.7 Å². The van der Waals surface area contributed by atoms with Crippen LogP contribution < -0.4 is 5.32 Å². The second-order valence-electron chi connectivity index (χ2n) is 6.87. The fourth-order valence-electron chi connectivity index (χ4n) is 3.29. The molecule has 0 spiro atoms. The van der Waals surface area contributed by atoms with Crippen LogP contribution >= 0.6 is 0 Å². The van der Waals surface area contributed by atoms with E-state index in [0.29, 0.717) is 17.7 Å². The first-order chi connectivity index (χ1) is 13.4. The van der Waals surface area contributed by atoms with Gasteiger partial charge in [-0.05, 0) is 37.9 Å². The minimum absolute atomic E-state index is 0.0193. The standard InChI is InChI=1S/C22H23N3O3/c1-4-12-25-21(27)17-11-10-16(13-18(17)22(25)28)20(26)23-14-19(24(2)3)15-8-6-5-7-9-15/h4-11,13,19H,1,12,14H2,2-3H3,(H,23,26)/t19-/m0/s1. The first-order valence-corrected chi connectivity index (χ1v) is 9.04. The Labute approximate surface area is 164 Å². The van der Waals surface area contributed by atoms with Crippen LogP contribution in [0.3, 0.4) is 0 Å². The molecule has 1 atom stereocenters. The van der Waals surface area contributed by atoms with Crippen LogP contribution in [0.4, 0.5) is 0 Å². The van der Waals surface area contributed by atoms with Gasteiger partial charge in [0, 0.05) is 18.7 Å². The first kappa shape index (κ1) is 19.5. The fourth-order valence-corrected chi connectivity index (χ4v) is 3.29. The highest BCUT2D eigenvalue weighted by molar-refractivity contribution is 6.22. The maximum Gasteiger partial charge on any atom is 0.261 e. The molecular formula is C22H23N3O3. The SMILES string of the molecule is C=CCN1C(=O)c2ccc(C(=O)NC[C@@H](c3ccccc3)N(C)C)cc2C1=O. The minimum atomic E-state index is -0.398. The molecule has 6 heteroatoms. The van der Waals surface area contributed by atoms with Crippen molar-refractivity contribution in [1.82, 2.24) is 15.1 Å². The number of rotatable bonds is 7. The van der Waals surface area contributed by atoms with E-state index in [1.54, 1.807) is 6.07 Å². The Kier molecular flexibility index (Phi) is 5.70. The number of benzene rings is 2. The van der Waals surface area contributed by atoms with Crippen molar-refractivity contribution in [2.24, 2.45) is 0 Å². The number of fused-ring (bicyclic) bond motifs is 1. The normalized spacial score (nSPS) is 14.2. The summed E-state index contributed by atoms with van der Waals surface area (Å²) in [6.07, 6.45) is 1.50. The molecule has 0 bridgehead atoms. The van der Waals surface area contributed by atoms with Crippen LogP contribution in [-0.2, 0) is 0 Å². The zero-order valence-corrected chi connectivity index (χ0v) is 16.0. The van der Waals surface area contributed by atoms with Crippen LogP contribution in [-0.4, -0.2) is 54.7 Å². The second kappa shape index (κ2) is 8.19. The Balaban J connectivity index is 1.75. The lowest BCUT2D eigenvalue weighted by Gasteiger charge is -2.25. The summed E-state index contributed by atoms with van der Waals surface area (Å²) >= 11 is 0. The molecular weight excluding hydrogens is 354 g/mol. The minimum Gasteiger partial charge on any atom is -0.350 e. The summed E-state index contributed by atoms with van der Waals surface area (Å²) in [5.41, 5.74) is 2.03. The molecule has 3 amide bonds. The molecule has 28 heavy (non-hydrogen) atoms. The van der Waals surface area contributed by atoms with Gasteiger partial charge in [-0.2, -0.15) is 0 Å². The Hall–Kier alpha value is -3.25. The molecule has 0 saturated heterocycles. The molecule has 0 aromatic heterocycles. The first-order valence-electron chi connectivity index (χ1n) is 9.04. The number of imide groups is 1. The van der Waals surface area contributed by atoms with Crippen LogP contribution in [0.2, 0.25) is 0 Å². The Morgan fingerprint density at radius 2 is 1.79 bits per heavy atom. The van der Waals surface area contributed by atoms with Gasteiger partial charge in [0.15, 0.2) is 0 Å². The lowest BCUT2D eigenvalue weighted by Crippen LogP contribution is -2.34. The van der Waals surface area contributed by atoms with Crippen LogP contribution in [0.25, 0.3) is 0 Å². The van der Waals surface area contributed by atoms with Crippen molar-refractivity contribution in [3.8, 4) is 0 Å². The lowest BCUT2D eigenvalue weighted by atomic mass is 10.0. The van der Waals surface area contributed by atoms with Gasteiger partial charge < -0.3 is 10.2 Å². The number of hydrogen-bond acceptors (Lipinski definition) is 4. The van der Waals surface area contributed by atoms with Crippen molar-refractivity contribution in [3.05, 3.63) is 83.4 Å². The molecule has 144 valence electrons. The number of nitrogens with zero attached hydrogens (tertiary/aromatic N) is 2. The van der Waals surface area contributed by atoms with E-state index in [0.717, 1.165) is 10.5 Å². The molecule has 1 heterocycles. The van der Waals surface area contributed by atoms with E-state index in [2.05, 4.69) is 11.9 Å². The molecule has 3 rings (SSSR count). The number of carbonyl (C=O) groups is 3. The van der Waals surface area contributed by atoms with Gasteiger partial charge in [-0.3, -0.25) is 19.3 Å². The zero-order chi connectivity index (χ0) is 20.3. The molecule has 0 saturated carbocycles. The third kappa shape index (κ3) is 3.73. The monoisotopic (exact) mass is 377 g/mol. The lowest BCUT2D eigenvalue weighted by molar-refractivity contribution is 0.0672. The average Bonchev–Trinajstić information content (AvgIpc) is 2.93. The predicted octanol–water partition coefficient (Wildman–Crippen LogP) is 2.50. The third-order valence-corrected chi connectivity index (χ3v) is 4.81. The van der Waals surface area contributed by atoms with E-state index in [1.165, 1.54) is 18.2 Å². The maximum absolute atomic E-state index is 12.6. The predicted molar refractivity (Wildman–Crippen MR) is 107 cm³/mol. The van der Waals surface area contributed by atoms with Crippen LogP contribution in [0.15, 0.2) is 61.2 Å². The zero-order valence-electron chi connectivity index (χ0n) is 16.0. The van der Waals surface area contributed by atoms with Crippen molar-refractivity contribution in [2.75, 3.05) is 27.2 Å². The van der Waals surface area contributed by atoms with Gasteiger partial charge in [-0.1, -0.05) is 36.4 Å². The number of likely N-dealkylation sites (N-methyl/N-ethyl adjacent to an activating group) is 1. The molecule has 1 N–H and O–H groups in total. The summed E-state index contributed by atoms with van der Waals surface area (Å²) in [4.78, 5) is 40.5. The molecule has 0 unspecified atom stereocenters. The highest BCUT2D eigenvalue weighted by Crippen LogP contribution is 2.24. The molecule has 0 fully saturated rings. The summed E-state index contributed by atoms with van der Waals surface area (Å²) in [6, 6.07) is 14.5. The Bertz CT molecular complexity index is 922. The van der Waals surface area contributed by atoms with Gasteiger partial charge in [0.25, 0.3) is 17.7 Å². The number of amides is 3. The van der Waals surface area contributed by atoms with Crippen molar-refractivity contribution in [2.45, 2.75) is 6.04 Å². The quantitative estimate of drug-likeness (QED) is 0.595. The Morgan fingerprint density at radius 3 is 2.43 bits per heavy atom. The highest BCUT2D eigenvalue weighted by Gasteiger charge is 2.35. The molecule has 0 radical (unpaired) electrons. The molecule has 0 aliphatic carbocycles. The molecule has 2 aromatic rings. The van der Waals surface area contributed by atoms with E-state index in [1.807, 2.05) is 49.3 Å². The molecule has 6 nitrogen and oxygen atoms in total. The summed E-state index contributed by atoms with van der Waals surface area (Å²) in [7, 11) is 3.91. The van der Waals surface area contributed by atoms with Gasteiger partial charge in [0.05, 0.1) is 17.2 Å². The smallest absolute Gasteiger partial charge is 0.261 e. The average molecular weight is 377 g/mol. The largest absolute Gasteiger partial charge is 0.350 e. The van der Waals surface area contributed by atoms with Crippen LogP contribution in [0, 0.1) is 0 Å². The van der Waals surface area contributed by atoms with Crippen LogP contribution in [0.5, 0.6) is 0 Å². The third-order valence-electron chi connectivity index (χ3n) is 4.81. The van der Waals surface area contributed by atoms with E-state index < -0.39 is 5.91 Å². The van der Waals surface area contributed by atoms with Gasteiger partial charge in [0.2, 0.25) is 0 Å². The summed E-state index contributed by atoms with van der Waals surface area (Å²) in [6.45, 7) is 4.13. The van der Waals surface area contributed by atoms with Gasteiger partial charge in [-0.25, -0.2) is 0 Å². The fraction of sp³-hybridized carbons (Fsp3) is 0.227. The van der Waals surface area contributed by atoms with E-state index >= 15 is 0 Å². The summed E-state index contributed by atoms with van der Waals surface area (Å²) in [5, 5.41) is 2.93. The van der Waals surface area contributed by atoms with E-state index in [-0.39, 0.29) is 30.0 Å². The Morgan fingerprint density at radius 1 is 1.11 bits per heavy atom. The number of carbonyl (C=O) groups excluding carboxylic acids is 3. The van der Waals surface area contributed by atoms with Crippen molar-refractivity contribution in [1.29, 1.82) is 0 Å².